The second-order valence-electron chi connectivity index (χ2n) is 6.12. The number of aliphatic hydroxyl groups is 1. The highest BCUT2D eigenvalue weighted by Crippen LogP contribution is 2.29. The minimum Gasteiger partial charge on any atom is -0.496 e. The van der Waals surface area contributed by atoms with E-state index in [0.29, 0.717) is 17.3 Å². The summed E-state index contributed by atoms with van der Waals surface area (Å²) >= 11 is 6.08. The summed E-state index contributed by atoms with van der Waals surface area (Å²) in [5.74, 6) is 0.698. The Bertz CT molecular complexity index is 433. The lowest BCUT2D eigenvalue weighted by molar-refractivity contribution is 0.108. The van der Waals surface area contributed by atoms with Crippen molar-refractivity contribution in [1.82, 2.24) is 4.90 Å². The van der Waals surface area contributed by atoms with Crippen LogP contribution in [-0.2, 0) is 0 Å². The fourth-order valence-electron chi connectivity index (χ4n) is 2.77. The molecule has 0 aliphatic heterocycles. The summed E-state index contributed by atoms with van der Waals surface area (Å²) in [5, 5.41) is 11.3. The van der Waals surface area contributed by atoms with Crippen LogP contribution in [0.2, 0.25) is 5.02 Å². The molecular weight excluding hydrogens is 345 g/mol. The van der Waals surface area contributed by atoms with E-state index in [-0.39, 0.29) is 12.4 Å². The molecule has 3 nitrogen and oxygen atoms in total. The lowest BCUT2D eigenvalue weighted by atomic mass is 10.1. The standard InChI is InChI=1S/C19H32ClNO2.ClH/c1-4-6-8-12-21(13-9-7-5-2)15-18(22)17-14-16(20)10-11-19(17)23-3;/h10-11,14,18,22H,4-9,12-13,15H2,1-3H3;1H. The van der Waals surface area contributed by atoms with Gasteiger partial charge in [0.15, 0.2) is 0 Å². The molecule has 0 saturated heterocycles. The predicted molar refractivity (Wildman–Crippen MR) is 106 cm³/mol. The van der Waals surface area contributed by atoms with Crippen LogP contribution in [0.15, 0.2) is 18.2 Å². The number of rotatable bonds is 12. The molecule has 0 fully saturated rings. The number of hydrogen-bond acceptors (Lipinski definition) is 3. The number of unbranched alkanes of at least 4 members (excludes halogenated alkanes) is 4. The van der Waals surface area contributed by atoms with Gasteiger partial charge >= 0.3 is 0 Å². The highest BCUT2D eigenvalue weighted by atomic mass is 35.5. The van der Waals surface area contributed by atoms with Gasteiger partial charge in [0.2, 0.25) is 0 Å². The number of methoxy groups -OCH3 is 1. The van der Waals surface area contributed by atoms with Gasteiger partial charge in [0.25, 0.3) is 0 Å². The van der Waals surface area contributed by atoms with E-state index in [1.165, 1.54) is 38.5 Å². The van der Waals surface area contributed by atoms with Gasteiger partial charge in [0.05, 0.1) is 13.2 Å². The molecule has 0 heterocycles. The maximum absolute atomic E-state index is 10.7. The van der Waals surface area contributed by atoms with Crippen molar-refractivity contribution in [2.24, 2.45) is 0 Å². The Balaban J connectivity index is 0.00000529. The number of hydrogen-bond donors (Lipinski definition) is 1. The Kier molecular flexibility index (Phi) is 13.5. The molecule has 1 atom stereocenters. The van der Waals surface area contributed by atoms with Crippen molar-refractivity contribution < 1.29 is 9.84 Å². The van der Waals surface area contributed by atoms with E-state index in [1.807, 2.05) is 6.07 Å². The van der Waals surface area contributed by atoms with E-state index in [9.17, 15) is 5.11 Å². The Labute approximate surface area is 158 Å². The molecule has 24 heavy (non-hydrogen) atoms. The van der Waals surface area contributed by atoms with Gasteiger partial charge in [-0.1, -0.05) is 51.1 Å². The SMILES string of the molecule is CCCCCN(CCCCC)CC(O)c1cc(Cl)ccc1OC.Cl. The Morgan fingerprint density at radius 1 is 1.08 bits per heavy atom. The number of halogens is 2. The van der Waals surface area contributed by atoms with Crippen molar-refractivity contribution >= 4 is 24.0 Å². The van der Waals surface area contributed by atoms with Crippen LogP contribution >= 0.6 is 24.0 Å². The monoisotopic (exact) mass is 377 g/mol. The van der Waals surface area contributed by atoms with E-state index in [2.05, 4.69) is 18.7 Å². The summed E-state index contributed by atoms with van der Waals surface area (Å²) in [6.07, 6.45) is 6.69. The fourth-order valence-corrected chi connectivity index (χ4v) is 2.95. The predicted octanol–water partition coefficient (Wildman–Crippen LogP) is 5.49. The Hall–Kier alpha value is -0.480. The van der Waals surface area contributed by atoms with Crippen molar-refractivity contribution in [2.75, 3.05) is 26.7 Å². The molecule has 0 spiro atoms. The van der Waals surface area contributed by atoms with Gasteiger partial charge in [-0.2, -0.15) is 0 Å². The summed E-state index contributed by atoms with van der Waals surface area (Å²) in [7, 11) is 1.62. The summed E-state index contributed by atoms with van der Waals surface area (Å²) in [5.41, 5.74) is 0.774. The number of nitrogens with zero attached hydrogens (tertiary/aromatic N) is 1. The van der Waals surface area contributed by atoms with Gasteiger partial charge in [-0.05, 0) is 44.1 Å². The zero-order valence-electron chi connectivity index (χ0n) is 15.3. The molecular formula is C19H33Cl2NO2. The first kappa shape index (κ1) is 23.5. The van der Waals surface area contributed by atoms with Crippen LogP contribution in [0, 0.1) is 0 Å². The van der Waals surface area contributed by atoms with Gasteiger partial charge in [0, 0.05) is 17.1 Å². The molecule has 1 aromatic rings. The first-order valence-corrected chi connectivity index (χ1v) is 9.24. The zero-order chi connectivity index (χ0) is 17.1. The van der Waals surface area contributed by atoms with Crippen molar-refractivity contribution in [1.29, 1.82) is 0 Å². The molecule has 0 aliphatic carbocycles. The largest absolute Gasteiger partial charge is 0.496 e. The molecule has 1 rings (SSSR count). The smallest absolute Gasteiger partial charge is 0.124 e. The van der Waals surface area contributed by atoms with E-state index < -0.39 is 6.10 Å². The second kappa shape index (κ2) is 13.8. The molecule has 0 aliphatic rings. The minimum atomic E-state index is -0.577. The zero-order valence-corrected chi connectivity index (χ0v) is 16.8. The normalized spacial score (nSPS) is 12.1. The van der Waals surface area contributed by atoms with Crippen molar-refractivity contribution in [2.45, 2.75) is 58.5 Å². The minimum absolute atomic E-state index is 0. The molecule has 1 N–H and O–H groups in total. The Morgan fingerprint density at radius 2 is 1.67 bits per heavy atom. The average molecular weight is 378 g/mol. The van der Waals surface area contributed by atoms with E-state index in [4.69, 9.17) is 16.3 Å². The van der Waals surface area contributed by atoms with E-state index in [0.717, 1.165) is 18.7 Å². The summed E-state index contributed by atoms with van der Waals surface area (Å²) < 4.78 is 5.36. The summed E-state index contributed by atoms with van der Waals surface area (Å²) in [6.45, 7) is 7.14. The lowest BCUT2D eigenvalue weighted by Crippen LogP contribution is -2.31. The van der Waals surface area contributed by atoms with Crippen LogP contribution < -0.4 is 4.74 Å². The maximum Gasteiger partial charge on any atom is 0.124 e. The quantitative estimate of drug-likeness (QED) is 0.489. The summed E-state index contributed by atoms with van der Waals surface area (Å²) in [6, 6.07) is 5.41. The Morgan fingerprint density at radius 3 is 2.17 bits per heavy atom. The average Bonchev–Trinajstić information content (AvgIpc) is 2.55. The first-order chi connectivity index (χ1) is 11.1. The van der Waals surface area contributed by atoms with Gasteiger partial charge < -0.3 is 14.7 Å². The van der Waals surface area contributed by atoms with E-state index in [1.54, 1.807) is 19.2 Å². The van der Waals surface area contributed by atoms with Gasteiger partial charge in [-0.15, -0.1) is 12.4 Å². The van der Waals surface area contributed by atoms with Crippen LogP contribution in [-0.4, -0.2) is 36.8 Å². The van der Waals surface area contributed by atoms with Gasteiger partial charge in [-0.25, -0.2) is 0 Å². The number of aliphatic hydroxyl groups excluding tert-OH is 1. The third-order valence-electron chi connectivity index (χ3n) is 4.14. The van der Waals surface area contributed by atoms with Crippen LogP contribution in [0.1, 0.15) is 64.0 Å². The molecule has 0 radical (unpaired) electrons. The van der Waals surface area contributed by atoms with Crippen LogP contribution in [0.3, 0.4) is 0 Å². The lowest BCUT2D eigenvalue weighted by Gasteiger charge is -2.26. The second-order valence-corrected chi connectivity index (χ2v) is 6.55. The molecule has 0 amide bonds. The molecule has 5 heteroatoms. The third kappa shape index (κ3) is 8.57. The highest BCUT2D eigenvalue weighted by Gasteiger charge is 2.17. The van der Waals surface area contributed by atoms with Crippen LogP contribution in [0.4, 0.5) is 0 Å². The maximum atomic E-state index is 10.7. The first-order valence-electron chi connectivity index (χ1n) is 8.86. The topological polar surface area (TPSA) is 32.7 Å². The van der Waals surface area contributed by atoms with Crippen LogP contribution in [0.25, 0.3) is 0 Å². The molecule has 140 valence electrons. The van der Waals surface area contributed by atoms with Crippen molar-refractivity contribution in [3.05, 3.63) is 28.8 Å². The highest BCUT2D eigenvalue weighted by molar-refractivity contribution is 6.30. The molecule has 0 bridgehead atoms. The summed E-state index contributed by atoms with van der Waals surface area (Å²) in [4.78, 5) is 2.37. The number of ether oxygens (including phenoxy) is 1. The third-order valence-corrected chi connectivity index (χ3v) is 4.37. The van der Waals surface area contributed by atoms with Gasteiger partial charge in [-0.3, -0.25) is 0 Å². The molecule has 0 saturated carbocycles. The van der Waals surface area contributed by atoms with E-state index >= 15 is 0 Å². The molecule has 0 aromatic heterocycles. The molecule has 1 unspecified atom stereocenters. The van der Waals surface area contributed by atoms with Gasteiger partial charge in [0.1, 0.15) is 5.75 Å². The van der Waals surface area contributed by atoms with Crippen molar-refractivity contribution in [3.63, 3.8) is 0 Å². The number of benzene rings is 1. The van der Waals surface area contributed by atoms with Crippen molar-refractivity contribution in [3.8, 4) is 5.75 Å². The van der Waals surface area contributed by atoms with Crippen LogP contribution in [0.5, 0.6) is 5.75 Å². The molecule has 1 aromatic carbocycles. The fraction of sp³-hybridized carbons (Fsp3) is 0.684.